The van der Waals surface area contributed by atoms with Gasteiger partial charge in [0.1, 0.15) is 20.9 Å². The molecule has 152 valence electrons. The number of nitrogens with zero attached hydrogens (tertiary/aromatic N) is 4. The Morgan fingerprint density at radius 1 is 1.07 bits per heavy atom. The van der Waals surface area contributed by atoms with Crippen molar-refractivity contribution in [3.8, 4) is 0 Å². The van der Waals surface area contributed by atoms with E-state index in [4.69, 9.17) is 12.2 Å². The van der Waals surface area contributed by atoms with Gasteiger partial charge < -0.3 is 14.5 Å². The highest BCUT2D eigenvalue weighted by atomic mass is 32.1. The summed E-state index contributed by atoms with van der Waals surface area (Å²) in [5.41, 5.74) is 1.86. The topological polar surface area (TPSA) is 110 Å². The second-order valence-electron chi connectivity index (χ2n) is 6.94. The number of hydrogen-bond donors (Lipinski definition) is 2. The lowest BCUT2D eigenvalue weighted by molar-refractivity contribution is 0.715. The quantitative estimate of drug-likeness (QED) is 0.431. The van der Waals surface area contributed by atoms with E-state index in [0.717, 1.165) is 5.56 Å². The summed E-state index contributed by atoms with van der Waals surface area (Å²) in [4.78, 5) is 45.4. The molecule has 0 atom stereocenters. The number of fused-ring (bicyclic) bond motifs is 1. The first-order valence-electron chi connectivity index (χ1n) is 8.99. The molecule has 0 aliphatic carbocycles. The van der Waals surface area contributed by atoms with Crippen LogP contribution in [0, 0.1) is 4.64 Å². The molecule has 0 amide bonds. The number of H-pyrrole nitrogens is 2. The molecule has 3 aromatic heterocycles. The van der Waals surface area contributed by atoms with Gasteiger partial charge in [0.05, 0.1) is 6.33 Å². The van der Waals surface area contributed by atoms with Crippen molar-refractivity contribution >= 4 is 36.0 Å². The van der Waals surface area contributed by atoms with Crippen molar-refractivity contribution in [2.75, 3.05) is 0 Å². The molecule has 1 aromatic carbocycles. The number of aryl methyl sites for hydroxylation is 1. The molecule has 9 nitrogen and oxygen atoms in total. The highest BCUT2D eigenvalue weighted by Crippen LogP contribution is 2.15. The molecule has 30 heavy (non-hydrogen) atoms. The summed E-state index contributed by atoms with van der Waals surface area (Å²) in [6, 6.07) is 7.41. The Hall–Kier alpha value is -3.79. The zero-order chi connectivity index (χ0) is 21.6. The lowest BCUT2D eigenvalue weighted by atomic mass is 10.1. The van der Waals surface area contributed by atoms with Gasteiger partial charge in [0, 0.05) is 20.6 Å². The van der Waals surface area contributed by atoms with E-state index in [0.29, 0.717) is 27.9 Å². The van der Waals surface area contributed by atoms with Gasteiger partial charge in [0.25, 0.3) is 11.1 Å². The number of benzene rings is 1. The van der Waals surface area contributed by atoms with Crippen LogP contribution >= 0.6 is 12.2 Å². The van der Waals surface area contributed by atoms with E-state index in [-0.39, 0.29) is 16.4 Å². The maximum atomic E-state index is 12.2. The summed E-state index contributed by atoms with van der Waals surface area (Å²) in [5, 5.41) is 0.0138. The third-order valence-corrected chi connectivity index (χ3v) is 5.35. The van der Waals surface area contributed by atoms with Gasteiger partial charge in [-0.15, -0.1) is 0 Å². The third kappa shape index (κ3) is 3.26. The molecule has 4 aromatic rings. The molecule has 2 N–H and O–H groups in total. The van der Waals surface area contributed by atoms with Gasteiger partial charge >= 0.3 is 5.69 Å². The lowest BCUT2D eigenvalue weighted by Crippen LogP contribution is -2.47. The minimum absolute atomic E-state index is 0.0138. The standard InChI is InChI=1S/C20H18N6O3S/c1-11-22-17(27)14(18(28)23-11)8-12-4-6-13(7-5-12)9-26-10-21-16-15(26)19(30)25(3)20(29)24(16)2/h4-8,10H,1,9H2,2-3H3,(H,22,27)(H,23,28). The fraction of sp³-hybridized carbons (Fsp3) is 0.150. The molecule has 4 rings (SSSR count). The first-order valence-corrected chi connectivity index (χ1v) is 9.40. The molecular weight excluding hydrogens is 404 g/mol. The summed E-state index contributed by atoms with van der Waals surface area (Å²) in [6.07, 6.45) is 3.17. The van der Waals surface area contributed by atoms with Crippen LogP contribution in [-0.4, -0.2) is 28.7 Å². The molecule has 0 radical (unpaired) electrons. The average Bonchev–Trinajstić information content (AvgIpc) is 3.12. The summed E-state index contributed by atoms with van der Waals surface area (Å²) in [6.45, 7) is 4.02. The van der Waals surface area contributed by atoms with E-state index in [1.807, 2.05) is 28.8 Å². The van der Waals surface area contributed by atoms with Crippen molar-refractivity contribution in [2.24, 2.45) is 14.1 Å². The van der Waals surface area contributed by atoms with Gasteiger partial charge in [-0.3, -0.25) is 18.7 Å². The fourth-order valence-corrected chi connectivity index (χ4v) is 3.56. The van der Waals surface area contributed by atoms with Gasteiger partial charge in [0.15, 0.2) is 5.65 Å². The highest BCUT2D eigenvalue weighted by molar-refractivity contribution is 7.71. The molecule has 0 aliphatic rings. The van der Waals surface area contributed by atoms with E-state index >= 15 is 0 Å². The number of rotatable bonds is 3. The summed E-state index contributed by atoms with van der Waals surface area (Å²) in [5.74, 6) is 0. The molecule has 10 heteroatoms. The normalized spacial score (nSPS) is 11.1. The zero-order valence-corrected chi connectivity index (χ0v) is 17.1. The number of hydrogen-bond acceptors (Lipinski definition) is 5. The van der Waals surface area contributed by atoms with E-state index in [1.165, 1.54) is 15.2 Å². The molecule has 0 saturated heterocycles. The van der Waals surface area contributed by atoms with Crippen LogP contribution in [0.15, 0.2) is 45.0 Å². The minimum Gasteiger partial charge on any atom is -0.322 e. The molecule has 0 bridgehead atoms. The zero-order valence-electron chi connectivity index (χ0n) is 16.3. The lowest BCUT2D eigenvalue weighted by Gasteiger charge is -2.08. The summed E-state index contributed by atoms with van der Waals surface area (Å²) in [7, 11) is 3.29. The van der Waals surface area contributed by atoms with Crippen molar-refractivity contribution in [1.82, 2.24) is 28.7 Å². The van der Waals surface area contributed by atoms with Gasteiger partial charge in [-0.05, 0) is 17.2 Å². The number of aromatic nitrogens is 6. The Morgan fingerprint density at radius 2 is 1.70 bits per heavy atom. The highest BCUT2D eigenvalue weighted by Gasteiger charge is 2.12. The summed E-state index contributed by atoms with van der Waals surface area (Å²) >= 11 is 5.44. The van der Waals surface area contributed by atoms with E-state index in [2.05, 4.69) is 21.5 Å². The number of aromatic amines is 2. The Kier molecular flexibility index (Phi) is 4.70. The van der Waals surface area contributed by atoms with Crippen LogP contribution in [0.4, 0.5) is 0 Å². The maximum absolute atomic E-state index is 12.2. The molecule has 0 unspecified atom stereocenters. The van der Waals surface area contributed by atoms with Crippen molar-refractivity contribution in [1.29, 1.82) is 0 Å². The molecule has 0 saturated carbocycles. The first kappa shape index (κ1) is 19.5. The smallest absolute Gasteiger partial charge is 0.322 e. The monoisotopic (exact) mass is 422 g/mol. The predicted molar refractivity (Wildman–Crippen MR) is 116 cm³/mol. The number of imidazole rings is 1. The molecular formula is C20H18N6O3S. The Balaban J connectivity index is 1.72. The van der Waals surface area contributed by atoms with Gasteiger partial charge in [-0.2, -0.15) is 0 Å². The van der Waals surface area contributed by atoms with Crippen molar-refractivity contribution < 1.29 is 0 Å². The fourth-order valence-electron chi connectivity index (χ4n) is 3.27. The first-order chi connectivity index (χ1) is 14.3. The van der Waals surface area contributed by atoms with Crippen molar-refractivity contribution in [3.05, 3.63) is 88.3 Å². The van der Waals surface area contributed by atoms with Crippen LogP contribution in [0.2, 0.25) is 0 Å². The second kappa shape index (κ2) is 7.23. The van der Waals surface area contributed by atoms with E-state index in [1.54, 1.807) is 20.4 Å². The number of nitrogens with one attached hydrogen (secondary N) is 2. The Morgan fingerprint density at radius 3 is 2.33 bits per heavy atom. The summed E-state index contributed by atoms with van der Waals surface area (Å²) < 4.78 is 5.19. The van der Waals surface area contributed by atoms with Crippen LogP contribution in [0.1, 0.15) is 11.1 Å². The third-order valence-electron chi connectivity index (χ3n) is 4.88. The minimum atomic E-state index is -0.492. The SMILES string of the molecule is C=c1[nH]c(=O)c(=Cc2ccc(Cn3cnc4c3c(=S)n(C)c(=O)n4C)cc2)c(=O)[nH]1. The van der Waals surface area contributed by atoms with E-state index < -0.39 is 11.1 Å². The maximum Gasteiger partial charge on any atom is 0.330 e. The van der Waals surface area contributed by atoms with Crippen molar-refractivity contribution in [3.63, 3.8) is 0 Å². The van der Waals surface area contributed by atoms with Crippen LogP contribution < -0.4 is 27.5 Å². The van der Waals surface area contributed by atoms with Crippen LogP contribution in [0.25, 0.3) is 23.8 Å². The second-order valence-corrected chi connectivity index (χ2v) is 7.32. The average molecular weight is 422 g/mol. The van der Waals surface area contributed by atoms with Crippen LogP contribution in [-0.2, 0) is 20.6 Å². The molecule has 0 aliphatic heterocycles. The van der Waals surface area contributed by atoms with Crippen molar-refractivity contribution in [2.45, 2.75) is 6.54 Å². The molecule has 0 fully saturated rings. The van der Waals surface area contributed by atoms with Gasteiger partial charge in [-0.1, -0.05) is 43.1 Å². The van der Waals surface area contributed by atoms with Gasteiger partial charge in [0.2, 0.25) is 0 Å². The Bertz CT molecular complexity index is 1600. The molecule has 3 heterocycles. The van der Waals surface area contributed by atoms with Gasteiger partial charge in [-0.25, -0.2) is 9.78 Å². The van der Waals surface area contributed by atoms with Crippen LogP contribution in [0.3, 0.4) is 0 Å². The Labute approximate surface area is 173 Å². The largest absolute Gasteiger partial charge is 0.330 e. The predicted octanol–water partition coefficient (Wildman–Crippen LogP) is -0.533. The molecule has 0 spiro atoms. The van der Waals surface area contributed by atoms with Crippen LogP contribution in [0.5, 0.6) is 0 Å². The van der Waals surface area contributed by atoms with E-state index in [9.17, 15) is 14.4 Å².